The second-order valence-corrected chi connectivity index (χ2v) is 22.6. The molecule has 1 aliphatic rings. The molecule has 0 saturated heterocycles. The first kappa shape index (κ1) is 32.2. The molecule has 0 radical (unpaired) electrons. The summed E-state index contributed by atoms with van der Waals surface area (Å²) >= 11 is -3.68. The van der Waals surface area contributed by atoms with Gasteiger partial charge in [-0.2, -0.15) is 0 Å². The third kappa shape index (κ3) is 4.62. The predicted octanol–water partition coefficient (Wildman–Crippen LogP) is 10.2. The molecule has 1 aliphatic heterocycles. The molecule has 4 nitrogen and oxygen atoms in total. The van der Waals surface area contributed by atoms with Crippen LogP contribution in [0.5, 0.6) is 0 Å². The Labute approximate surface area is 331 Å². The standard InChI is InChI=1S/C52H33GeN3O/c1-4-16-35(17-5-1)52-54-50(49-51(55-52)39-22-10-13-25-42(39)53(49,36-18-6-2-7-19-36)37-20-8-3-9-21-37)34-28-30-38(31-29-34)56-43-26-14-11-23-40(43)47-44(56)32-33-46-48(47)41-24-12-15-27-45(41)57-46/h1-33H. The second-order valence-electron chi connectivity index (χ2n) is 14.8. The van der Waals surface area contributed by atoms with Crippen LogP contribution in [-0.4, -0.2) is 27.8 Å². The Morgan fingerprint density at radius 2 is 1.04 bits per heavy atom. The molecule has 266 valence electrons. The molecule has 0 bridgehead atoms. The van der Waals surface area contributed by atoms with Crippen LogP contribution in [0.3, 0.4) is 0 Å². The molecule has 0 unspecified atom stereocenters. The number of benzene rings is 8. The Morgan fingerprint density at radius 3 is 1.79 bits per heavy atom. The van der Waals surface area contributed by atoms with Crippen molar-refractivity contribution in [3.63, 3.8) is 0 Å². The maximum atomic E-state index is 6.35. The van der Waals surface area contributed by atoms with E-state index >= 15 is 0 Å². The molecule has 0 N–H and O–H groups in total. The zero-order valence-corrected chi connectivity index (χ0v) is 32.9. The van der Waals surface area contributed by atoms with Crippen LogP contribution in [0.1, 0.15) is 0 Å². The topological polar surface area (TPSA) is 43.9 Å². The van der Waals surface area contributed by atoms with E-state index in [2.05, 4.69) is 193 Å². The molecular formula is C52H33GeN3O. The molecule has 0 saturated carbocycles. The summed E-state index contributed by atoms with van der Waals surface area (Å²) in [5.74, 6) is 0.737. The molecule has 0 aliphatic carbocycles. The summed E-state index contributed by atoms with van der Waals surface area (Å²) in [5.41, 5.74) is 10.5. The quantitative estimate of drug-likeness (QED) is 0.163. The normalized spacial score (nSPS) is 13.1. The van der Waals surface area contributed by atoms with Crippen LogP contribution in [0.25, 0.3) is 83.3 Å². The van der Waals surface area contributed by atoms with Gasteiger partial charge in [0.05, 0.1) is 0 Å². The summed E-state index contributed by atoms with van der Waals surface area (Å²) in [4.78, 5) is 11.1. The molecule has 11 aromatic rings. The van der Waals surface area contributed by atoms with Crippen LogP contribution in [0.2, 0.25) is 0 Å². The number of fused-ring (bicyclic) bond motifs is 10. The van der Waals surface area contributed by atoms with E-state index in [0.29, 0.717) is 0 Å². The van der Waals surface area contributed by atoms with Crippen molar-refractivity contribution in [3.8, 4) is 39.6 Å². The van der Waals surface area contributed by atoms with Crippen molar-refractivity contribution in [2.24, 2.45) is 0 Å². The van der Waals surface area contributed by atoms with Gasteiger partial charge < -0.3 is 0 Å². The van der Waals surface area contributed by atoms with E-state index in [4.69, 9.17) is 14.4 Å². The minimum atomic E-state index is -3.68. The van der Waals surface area contributed by atoms with Crippen molar-refractivity contribution in [3.05, 3.63) is 200 Å². The second kappa shape index (κ2) is 12.5. The maximum absolute atomic E-state index is 6.35. The third-order valence-corrected chi connectivity index (χ3v) is 22.1. The molecular weight excluding hydrogens is 755 g/mol. The zero-order chi connectivity index (χ0) is 37.5. The fraction of sp³-hybridized carbons (Fsp3) is 0. The van der Waals surface area contributed by atoms with Crippen LogP contribution < -0.4 is 17.6 Å². The third-order valence-electron chi connectivity index (χ3n) is 11.9. The van der Waals surface area contributed by atoms with Crippen molar-refractivity contribution < 1.29 is 4.42 Å². The van der Waals surface area contributed by atoms with Gasteiger partial charge in [-0.05, 0) is 6.07 Å². The number of furan rings is 1. The van der Waals surface area contributed by atoms with Crippen molar-refractivity contribution in [2.75, 3.05) is 0 Å². The van der Waals surface area contributed by atoms with Crippen molar-refractivity contribution in [1.29, 1.82) is 0 Å². The summed E-state index contributed by atoms with van der Waals surface area (Å²) in [5, 5.41) is 4.70. The predicted molar refractivity (Wildman–Crippen MR) is 237 cm³/mol. The number of aromatic nitrogens is 3. The number of rotatable bonds is 5. The fourth-order valence-electron chi connectivity index (χ4n) is 9.55. The first-order valence-corrected chi connectivity index (χ1v) is 23.6. The van der Waals surface area contributed by atoms with Crippen LogP contribution in [0.4, 0.5) is 0 Å². The van der Waals surface area contributed by atoms with Gasteiger partial charge in [-0.15, -0.1) is 0 Å². The van der Waals surface area contributed by atoms with Crippen molar-refractivity contribution >= 4 is 74.6 Å². The van der Waals surface area contributed by atoms with Gasteiger partial charge in [0, 0.05) is 0 Å². The van der Waals surface area contributed by atoms with E-state index in [1.165, 1.54) is 33.9 Å². The Kier molecular flexibility index (Phi) is 7.07. The van der Waals surface area contributed by atoms with Gasteiger partial charge in [0.2, 0.25) is 0 Å². The van der Waals surface area contributed by atoms with Crippen LogP contribution >= 0.6 is 0 Å². The monoisotopic (exact) mass is 789 g/mol. The fourth-order valence-corrected chi connectivity index (χ4v) is 20.5. The summed E-state index contributed by atoms with van der Waals surface area (Å²) < 4.78 is 14.2. The molecule has 0 atom stereocenters. The van der Waals surface area contributed by atoms with E-state index < -0.39 is 13.3 Å². The van der Waals surface area contributed by atoms with Gasteiger partial charge in [0.15, 0.2) is 0 Å². The van der Waals surface area contributed by atoms with E-state index in [1.54, 1.807) is 0 Å². The molecule has 5 heteroatoms. The minimum absolute atomic E-state index is 0.737. The molecule has 0 spiro atoms. The first-order chi connectivity index (χ1) is 28.3. The molecule has 8 aromatic carbocycles. The molecule has 4 heterocycles. The van der Waals surface area contributed by atoms with Crippen molar-refractivity contribution in [2.45, 2.75) is 0 Å². The summed E-state index contributed by atoms with van der Waals surface area (Å²) in [7, 11) is 0. The summed E-state index contributed by atoms with van der Waals surface area (Å²) in [6.45, 7) is 0. The Balaban J connectivity index is 1.13. The molecule has 12 rings (SSSR count). The average molecular weight is 788 g/mol. The van der Waals surface area contributed by atoms with E-state index in [1.807, 2.05) is 12.1 Å². The van der Waals surface area contributed by atoms with Crippen LogP contribution in [-0.2, 0) is 0 Å². The molecule has 3 aromatic heterocycles. The van der Waals surface area contributed by atoms with Gasteiger partial charge in [-0.25, -0.2) is 0 Å². The van der Waals surface area contributed by atoms with Gasteiger partial charge >= 0.3 is 315 Å². The molecule has 0 fully saturated rings. The van der Waals surface area contributed by atoms with E-state index in [9.17, 15) is 0 Å². The molecule has 0 amide bonds. The number of hydrogen-bond donors (Lipinski definition) is 0. The number of para-hydroxylation sites is 2. The van der Waals surface area contributed by atoms with Crippen molar-refractivity contribution in [1.82, 2.24) is 14.5 Å². The van der Waals surface area contributed by atoms with Gasteiger partial charge in [0.1, 0.15) is 0 Å². The first-order valence-electron chi connectivity index (χ1n) is 19.4. The van der Waals surface area contributed by atoms with Gasteiger partial charge in [-0.1, -0.05) is 12.1 Å². The number of nitrogens with zero attached hydrogens (tertiary/aromatic N) is 3. The Morgan fingerprint density at radius 1 is 0.421 bits per heavy atom. The van der Waals surface area contributed by atoms with Crippen LogP contribution in [0.15, 0.2) is 205 Å². The van der Waals surface area contributed by atoms with Gasteiger partial charge in [-0.3, -0.25) is 0 Å². The van der Waals surface area contributed by atoms with E-state index in [-0.39, 0.29) is 0 Å². The van der Waals surface area contributed by atoms with Gasteiger partial charge in [0.25, 0.3) is 0 Å². The summed E-state index contributed by atoms with van der Waals surface area (Å²) in [6.07, 6.45) is 0. The van der Waals surface area contributed by atoms with Crippen LogP contribution in [0, 0.1) is 0 Å². The zero-order valence-electron chi connectivity index (χ0n) is 30.8. The average Bonchev–Trinajstić information content (AvgIpc) is 3.93. The Hall–Kier alpha value is -7.02. The Bertz CT molecular complexity index is 3300. The summed E-state index contributed by atoms with van der Waals surface area (Å²) in [6, 6.07) is 72.1. The molecule has 57 heavy (non-hydrogen) atoms. The van der Waals surface area contributed by atoms with E-state index in [0.717, 1.165) is 67.0 Å². The number of hydrogen-bond acceptors (Lipinski definition) is 3. The SMILES string of the molecule is c1ccc(-c2nc(-c3ccc(-n4c5ccccc5c5c6c(ccc54)oc4ccccc46)cc3)[c]3c(n2)-c2cccc[c]2[Ge]3([c]2ccccc2)[c]2ccccc2)cc1.